The third-order valence-corrected chi connectivity index (χ3v) is 4.46. The van der Waals surface area contributed by atoms with E-state index in [0.29, 0.717) is 13.0 Å². The Morgan fingerprint density at radius 2 is 1.88 bits per heavy atom. The molecule has 128 valence electrons. The largest absolute Gasteiger partial charge is 0.478 e. The fourth-order valence-electron chi connectivity index (χ4n) is 2.09. The Labute approximate surface area is 145 Å². The van der Waals surface area contributed by atoms with Gasteiger partial charge in [-0.3, -0.25) is 4.79 Å². The Morgan fingerprint density at radius 1 is 1.21 bits per heavy atom. The molecule has 5 nitrogen and oxygen atoms in total. The Morgan fingerprint density at radius 3 is 2.42 bits per heavy atom. The zero-order valence-corrected chi connectivity index (χ0v) is 14.9. The molecule has 24 heavy (non-hydrogen) atoms. The highest BCUT2D eigenvalue weighted by molar-refractivity contribution is 7.09. The molecule has 0 aliphatic carbocycles. The summed E-state index contributed by atoms with van der Waals surface area (Å²) >= 11 is 1.62. The number of aromatic nitrogens is 1. The predicted molar refractivity (Wildman–Crippen MR) is 94.6 cm³/mol. The molecule has 6 heteroatoms. The number of benzene rings is 1. The van der Waals surface area contributed by atoms with Crippen LogP contribution in [0, 0.1) is 0 Å². The molecule has 0 radical (unpaired) electrons. The van der Waals surface area contributed by atoms with Crippen molar-refractivity contribution in [1.82, 2.24) is 10.3 Å². The first kappa shape index (κ1) is 18.1. The zero-order valence-electron chi connectivity index (χ0n) is 14.1. The molecule has 0 bridgehead atoms. The quantitative estimate of drug-likeness (QED) is 0.842. The fraction of sp³-hybridized carbons (Fsp3) is 0.389. The van der Waals surface area contributed by atoms with Gasteiger partial charge in [0.1, 0.15) is 0 Å². The number of amides is 1. The van der Waals surface area contributed by atoms with Gasteiger partial charge in [0.15, 0.2) is 0 Å². The molecule has 0 fully saturated rings. The molecule has 0 aliphatic heterocycles. The van der Waals surface area contributed by atoms with Gasteiger partial charge < -0.3 is 10.4 Å². The number of hydrogen-bond donors (Lipinski definition) is 2. The van der Waals surface area contributed by atoms with E-state index in [-0.39, 0.29) is 23.3 Å². The lowest BCUT2D eigenvalue weighted by atomic mass is 9.93. The van der Waals surface area contributed by atoms with E-state index < -0.39 is 5.97 Å². The predicted octanol–water partition coefficient (Wildman–Crippen LogP) is 3.04. The van der Waals surface area contributed by atoms with Crippen LogP contribution >= 0.6 is 11.3 Å². The molecular formula is C18H22N2O3S. The van der Waals surface area contributed by atoms with E-state index in [1.807, 2.05) is 0 Å². The second kappa shape index (κ2) is 7.57. The highest BCUT2D eigenvalue weighted by Crippen LogP contribution is 2.23. The number of nitrogens with one attached hydrogen (secondary N) is 1. The molecule has 0 aliphatic rings. The molecular weight excluding hydrogens is 324 g/mol. The Balaban J connectivity index is 1.79. The van der Waals surface area contributed by atoms with Crippen LogP contribution < -0.4 is 5.32 Å². The van der Waals surface area contributed by atoms with E-state index in [9.17, 15) is 9.59 Å². The van der Waals surface area contributed by atoms with Gasteiger partial charge in [-0.05, 0) is 17.7 Å². The van der Waals surface area contributed by atoms with Crippen molar-refractivity contribution in [3.05, 3.63) is 51.5 Å². The topological polar surface area (TPSA) is 79.3 Å². The third-order valence-electron chi connectivity index (χ3n) is 3.55. The number of carbonyl (C=O) groups excluding carboxylic acids is 1. The molecule has 1 heterocycles. The smallest absolute Gasteiger partial charge is 0.335 e. The second-order valence-electron chi connectivity index (χ2n) is 6.66. The number of rotatable bonds is 6. The number of aromatic carboxylic acids is 1. The van der Waals surface area contributed by atoms with Crippen molar-refractivity contribution in [3.63, 3.8) is 0 Å². The average Bonchev–Trinajstić information content (AvgIpc) is 2.97. The summed E-state index contributed by atoms with van der Waals surface area (Å²) in [5.74, 6) is -1.05. The van der Waals surface area contributed by atoms with Crippen molar-refractivity contribution in [2.45, 2.75) is 39.0 Å². The van der Waals surface area contributed by atoms with Crippen LogP contribution in [0.15, 0.2) is 29.6 Å². The van der Waals surface area contributed by atoms with Gasteiger partial charge in [-0.2, -0.15) is 0 Å². The molecule has 0 spiro atoms. The molecule has 0 saturated carbocycles. The van der Waals surface area contributed by atoms with Crippen LogP contribution in [0.5, 0.6) is 0 Å². The number of nitrogens with zero attached hydrogens (tertiary/aromatic N) is 1. The number of carboxylic acids is 1. The summed E-state index contributed by atoms with van der Waals surface area (Å²) in [5.41, 5.74) is 2.13. The van der Waals surface area contributed by atoms with E-state index >= 15 is 0 Å². The average molecular weight is 346 g/mol. The molecule has 1 aromatic heterocycles. The number of carboxylic acid groups (broad SMARTS) is 1. The Kier molecular flexibility index (Phi) is 5.72. The number of thiazole rings is 1. The van der Waals surface area contributed by atoms with Gasteiger partial charge in [-0.25, -0.2) is 9.78 Å². The summed E-state index contributed by atoms with van der Waals surface area (Å²) in [4.78, 5) is 27.3. The minimum Gasteiger partial charge on any atom is -0.478 e. The lowest BCUT2D eigenvalue weighted by Crippen LogP contribution is -2.27. The van der Waals surface area contributed by atoms with Gasteiger partial charge in [0.05, 0.1) is 22.7 Å². The Hall–Kier alpha value is -2.21. The fourth-order valence-corrected chi connectivity index (χ4v) is 3.12. The maximum atomic E-state index is 11.9. The minimum atomic E-state index is -0.968. The van der Waals surface area contributed by atoms with E-state index in [1.54, 1.807) is 23.5 Å². The molecule has 1 amide bonds. The van der Waals surface area contributed by atoms with Crippen molar-refractivity contribution in [1.29, 1.82) is 0 Å². The van der Waals surface area contributed by atoms with Crippen molar-refractivity contribution in [2.75, 3.05) is 6.54 Å². The highest BCUT2D eigenvalue weighted by atomic mass is 32.1. The standard InChI is InChI=1S/C18H22N2O3S/c1-18(2,3)14-11-24-16(20-14)8-9-19-15(21)10-12-4-6-13(7-5-12)17(22)23/h4-7,11H,8-10H2,1-3H3,(H,19,21)(H,22,23). The zero-order chi connectivity index (χ0) is 17.7. The maximum absolute atomic E-state index is 11.9. The van der Waals surface area contributed by atoms with Crippen LogP contribution in [0.25, 0.3) is 0 Å². The molecule has 2 aromatic rings. The van der Waals surface area contributed by atoms with E-state index in [4.69, 9.17) is 5.11 Å². The third kappa shape index (κ3) is 5.16. The summed E-state index contributed by atoms with van der Waals surface area (Å²) in [6, 6.07) is 6.35. The Bertz CT molecular complexity index is 715. The van der Waals surface area contributed by atoms with E-state index in [0.717, 1.165) is 16.3 Å². The summed E-state index contributed by atoms with van der Waals surface area (Å²) in [5, 5.41) is 14.8. The normalized spacial score (nSPS) is 11.3. The monoisotopic (exact) mass is 346 g/mol. The van der Waals surface area contributed by atoms with Crippen LogP contribution in [0.1, 0.15) is 47.4 Å². The van der Waals surface area contributed by atoms with Gasteiger partial charge in [0.25, 0.3) is 0 Å². The van der Waals surface area contributed by atoms with Crippen LogP contribution in [0.2, 0.25) is 0 Å². The van der Waals surface area contributed by atoms with Crippen molar-refractivity contribution < 1.29 is 14.7 Å². The molecule has 2 N–H and O–H groups in total. The summed E-state index contributed by atoms with van der Waals surface area (Å²) in [7, 11) is 0. The molecule has 2 rings (SSSR count). The molecule has 1 aromatic carbocycles. The lowest BCUT2D eigenvalue weighted by Gasteiger charge is -2.14. The van der Waals surface area contributed by atoms with E-state index in [1.165, 1.54) is 12.1 Å². The summed E-state index contributed by atoms with van der Waals surface area (Å²) in [6.45, 7) is 6.93. The van der Waals surface area contributed by atoms with Crippen LogP contribution in [-0.4, -0.2) is 28.5 Å². The minimum absolute atomic E-state index is 0.0418. The summed E-state index contributed by atoms with van der Waals surface area (Å²) < 4.78 is 0. The van der Waals surface area contributed by atoms with Crippen molar-refractivity contribution >= 4 is 23.2 Å². The SMILES string of the molecule is CC(C)(C)c1csc(CCNC(=O)Cc2ccc(C(=O)O)cc2)n1. The first-order valence-corrected chi connectivity index (χ1v) is 8.67. The van der Waals surface area contributed by atoms with Gasteiger partial charge in [0.2, 0.25) is 5.91 Å². The van der Waals surface area contributed by atoms with E-state index in [2.05, 4.69) is 36.5 Å². The van der Waals surface area contributed by atoms with Crippen molar-refractivity contribution in [2.24, 2.45) is 0 Å². The summed E-state index contributed by atoms with van der Waals surface area (Å²) in [6.07, 6.45) is 0.954. The molecule has 0 unspecified atom stereocenters. The van der Waals surface area contributed by atoms with Gasteiger partial charge in [-0.15, -0.1) is 11.3 Å². The van der Waals surface area contributed by atoms with Gasteiger partial charge in [-0.1, -0.05) is 32.9 Å². The first-order chi connectivity index (χ1) is 11.3. The number of hydrogen-bond acceptors (Lipinski definition) is 4. The number of carbonyl (C=O) groups is 2. The maximum Gasteiger partial charge on any atom is 0.335 e. The van der Waals surface area contributed by atoms with Gasteiger partial charge >= 0.3 is 5.97 Å². The lowest BCUT2D eigenvalue weighted by molar-refractivity contribution is -0.120. The van der Waals surface area contributed by atoms with Gasteiger partial charge in [0, 0.05) is 23.8 Å². The van der Waals surface area contributed by atoms with Crippen LogP contribution in [0.4, 0.5) is 0 Å². The van der Waals surface area contributed by atoms with Crippen LogP contribution in [0.3, 0.4) is 0 Å². The van der Waals surface area contributed by atoms with Crippen LogP contribution in [-0.2, 0) is 23.1 Å². The van der Waals surface area contributed by atoms with Crippen molar-refractivity contribution in [3.8, 4) is 0 Å². The molecule has 0 saturated heterocycles. The molecule has 0 atom stereocenters. The second-order valence-corrected chi connectivity index (χ2v) is 7.60. The highest BCUT2D eigenvalue weighted by Gasteiger charge is 2.17. The first-order valence-electron chi connectivity index (χ1n) is 7.79.